The van der Waals surface area contributed by atoms with Gasteiger partial charge in [0.1, 0.15) is 0 Å². The number of aromatic nitrogens is 3. The van der Waals surface area contributed by atoms with Crippen molar-refractivity contribution in [1.29, 1.82) is 0 Å². The third-order valence-corrected chi connectivity index (χ3v) is 6.77. The number of nitrogens with one attached hydrogen (secondary N) is 2. The number of nitrogens with zero attached hydrogens (tertiary/aromatic N) is 2. The summed E-state index contributed by atoms with van der Waals surface area (Å²) in [7, 11) is 0. The van der Waals surface area contributed by atoms with Gasteiger partial charge in [0, 0.05) is 33.6 Å². The van der Waals surface area contributed by atoms with Gasteiger partial charge in [-0.3, -0.25) is 14.9 Å². The van der Waals surface area contributed by atoms with Crippen LogP contribution in [0, 0.1) is 0 Å². The van der Waals surface area contributed by atoms with Crippen LogP contribution in [-0.2, 0) is 6.42 Å². The first kappa shape index (κ1) is 23.4. The molecular weight excluding hydrogens is 466 g/mol. The smallest absolute Gasteiger partial charge is 0.252 e. The maximum atomic E-state index is 12.9. The summed E-state index contributed by atoms with van der Waals surface area (Å²) in [6.07, 6.45) is 6.41. The first-order valence-corrected chi connectivity index (χ1v) is 12.4. The van der Waals surface area contributed by atoms with Gasteiger partial charge in [0.2, 0.25) is 0 Å². The van der Waals surface area contributed by atoms with E-state index in [-0.39, 0.29) is 5.91 Å². The number of rotatable bonds is 8. The summed E-state index contributed by atoms with van der Waals surface area (Å²) in [5.41, 5.74) is 10.9. The largest absolute Gasteiger partial charge is 0.399 e. The molecule has 0 saturated carbocycles. The number of amides is 1. The molecule has 2 aromatic heterocycles. The molecule has 6 nitrogen and oxygen atoms in total. The molecule has 0 aliphatic heterocycles. The highest BCUT2D eigenvalue weighted by atomic mass is 32.2. The number of benzene rings is 3. The fourth-order valence-electron chi connectivity index (χ4n) is 3.82. The van der Waals surface area contributed by atoms with E-state index in [2.05, 4.69) is 38.7 Å². The van der Waals surface area contributed by atoms with Crippen molar-refractivity contribution in [1.82, 2.24) is 20.5 Å². The molecule has 0 fully saturated rings. The van der Waals surface area contributed by atoms with Crippen molar-refractivity contribution < 1.29 is 4.79 Å². The maximum absolute atomic E-state index is 12.9. The number of carbonyl (C=O) groups is 1. The van der Waals surface area contributed by atoms with E-state index in [1.54, 1.807) is 18.0 Å². The van der Waals surface area contributed by atoms with Crippen LogP contribution in [0.4, 0.5) is 5.69 Å². The third-order valence-electron chi connectivity index (χ3n) is 5.70. The monoisotopic (exact) mass is 491 g/mol. The fourth-order valence-corrected chi connectivity index (χ4v) is 4.80. The highest BCUT2D eigenvalue weighted by Crippen LogP contribution is 2.33. The zero-order valence-corrected chi connectivity index (χ0v) is 20.3. The first-order chi connectivity index (χ1) is 17.7. The standard InChI is InChI=1S/C29H25N5OS/c30-21-10-8-20(9-11-21)16-18-32-29(35)25-6-1-2-7-28(25)36-23-13-14-24-26(33-34-27(24)19-23)15-12-22-5-3-4-17-31-22/h1-15,17,19H,16,18,30H2,(H,32,35)(H,33,34)/b15-12+. The van der Waals surface area contributed by atoms with Crippen molar-refractivity contribution in [3.63, 3.8) is 0 Å². The van der Waals surface area contributed by atoms with Gasteiger partial charge in [-0.05, 0) is 78.7 Å². The minimum atomic E-state index is -0.0851. The zero-order chi connectivity index (χ0) is 24.7. The van der Waals surface area contributed by atoms with Crippen molar-refractivity contribution in [3.8, 4) is 0 Å². The molecule has 36 heavy (non-hydrogen) atoms. The van der Waals surface area contributed by atoms with Gasteiger partial charge in [-0.15, -0.1) is 0 Å². The molecule has 0 spiro atoms. The van der Waals surface area contributed by atoms with Gasteiger partial charge in [-0.25, -0.2) is 0 Å². The molecule has 2 heterocycles. The molecule has 178 valence electrons. The SMILES string of the molecule is Nc1ccc(CCNC(=O)c2ccccc2Sc2ccc3c(/C=C/c4ccccn4)n[nH]c3c2)cc1. The van der Waals surface area contributed by atoms with Crippen LogP contribution in [0.3, 0.4) is 0 Å². The third kappa shape index (κ3) is 5.64. The summed E-state index contributed by atoms with van der Waals surface area (Å²) < 4.78 is 0. The Kier molecular flexibility index (Phi) is 7.10. The summed E-state index contributed by atoms with van der Waals surface area (Å²) in [6, 6.07) is 27.3. The molecule has 7 heteroatoms. The number of aromatic amines is 1. The van der Waals surface area contributed by atoms with Crippen LogP contribution >= 0.6 is 11.8 Å². The topological polar surface area (TPSA) is 96.7 Å². The lowest BCUT2D eigenvalue weighted by Gasteiger charge is -2.10. The van der Waals surface area contributed by atoms with Crippen LogP contribution in [-0.4, -0.2) is 27.6 Å². The molecule has 0 unspecified atom stereocenters. The average molecular weight is 492 g/mol. The summed E-state index contributed by atoms with van der Waals surface area (Å²) in [6.45, 7) is 0.552. The Bertz CT molecular complexity index is 1510. The van der Waals surface area contributed by atoms with E-state index in [1.165, 1.54) is 0 Å². The molecular formula is C29H25N5OS. The van der Waals surface area contributed by atoms with Gasteiger partial charge in [0.25, 0.3) is 5.91 Å². The predicted molar refractivity (Wildman–Crippen MR) is 147 cm³/mol. The lowest BCUT2D eigenvalue weighted by molar-refractivity contribution is 0.0951. The van der Waals surface area contributed by atoms with E-state index in [0.29, 0.717) is 12.1 Å². The Balaban J connectivity index is 1.27. The molecule has 0 bridgehead atoms. The Morgan fingerprint density at radius 3 is 2.64 bits per heavy atom. The number of pyridine rings is 1. The molecule has 0 saturated heterocycles. The summed E-state index contributed by atoms with van der Waals surface area (Å²) >= 11 is 1.56. The van der Waals surface area contributed by atoms with Gasteiger partial charge in [-0.2, -0.15) is 5.10 Å². The predicted octanol–water partition coefficient (Wildman–Crippen LogP) is 5.83. The number of H-pyrrole nitrogens is 1. The molecule has 3 aromatic carbocycles. The van der Waals surface area contributed by atoms with E-state index in [9.17, 15) is 4.79 Å². The second-order valence-corrected chi connectivity index (χ2v) is 9.37. The van der Waals surface area contributed by atoms with E-state index >= 15 is 0 Å². The number of nitrogen functional groups attached to an aromatic ring is 1. The second kappa shape index (κ2) is 10.9. The van der Waals surface area contributed by atoms with Gasteiger partial charge in [-0.1, -0.05) is 42.1 Å². The van der Waals surface area contributed by atoms with Gasteiger partial charge in [0.15, 0.2) is 0 Å². The average Bonchev–Trinajstić information content (AvgIpc) is 3.31. The Morgan fingerprint density at radius 1 is 0.972 bits per heavy atom. The van der Waals surface area contributed by atoms with E-state index in [1.807, 2.05) is 78.9 Å². The lowest BCUT2D eigenvalue weighted by atomic mass is 10.1. The number of anilines is 1. The van der Waals surface area contributed by atoms with Crippen molar-refractivity contribution in [2.24, 2.45) is 0 Å². The number of nitrogens with two attached hydrogens (primary N) is 1. The van der Waals surface area contributed by atoms with Crippen molar-refractivity contribution in [2.75, 3.05) is 12.3 Å². The molecule has 4 N–H and O–H groups in total. The van der Waals surface area contributed by atoms with E-state index in [0.717, 1.165) is 49.8 Å². The number of hydrogen-bond acceptors (Lipinski definition) is 5. The van der Waals surface area contributed by atoms with Crippen molar-refractivity contribution in [2.45, 2.75) is 16.2 Å². The molecule has 1 amide bonds. The highest BCUT2D eigenvalue weighted by molar-refractivity contribution is 7.99. The minimum Gasteiger partial charge on any atom is -0.399 e. The molecule has 0 aliphatic carbocycles. The number of carbonyl (C=O) groups excluding carboxylic acids is 1. The summed E-state index contributed by atoms with van der Waals surface area (Å²) in [5, 5.41) is 11.6. The molecule has 5 rings (SSSR count). The fraction of sp³-hybridized carbons (Fsp3) is 0.0690. The van der Waals surface area contributed by atoms with Crippen molar-refractivity contribution in [3.05, 3.63) is 114 Å². The Hall–Kier alpha value is -4.36. The first-order valence-electron chi connectivity index (χ1n) is 11.6. The highest BCUT2D eigenvalue weighted by Gasteiger charge is 2.13. The molecule has 0 radical (unpaired) electrons. The normalized spacial score (nSPS) is 11.2. The van der Waals surface area contributed by atoms with Crippen LogP contribution in [0.15, 0.2) is 101 Å². The van der Waals surface area contributed by atoms with Crippen LogP contribution < -0.4 is 11.1 Å². The van der Waals surface area contributed by atoms with Crippen molar-refractivity contribution >= 4 is 46.4 Å². The lowest BCUT2D eigenvalue weighted by Crippen LogP contribution is -2.26. The summed E-state index contributed by atoms with van der Waals surface area (Å²) in [4.78, 5) is 19.2. The van der Waals surface area contributed by atoms with E-state index < -0.39 is 0 Å². The van der Waals surface area contributed by atoms with Gasteiger partial charge < -0.3 is 11.1 Å². The van der Waals surface area contributed by atoms with Gasteiger partial charge in [0.05, 0.1) is 22.5 Å². The van der Waals surface area contributed by atoms with Crippen LogP contribution in [0.25, 0.3) is 23.1 Å². The van der Waals surface area contributed by atoms with Crippen LogP contribution in [0.2, 0.25) is 0 Å². The Labute approximate surface area is 213 Å². The summed E-state index contributed by atoms with van der Waals surface area (Å²) in [5.74, 6) is -0.0851. The molecule has 5 aromatic rings. The van der Waals surface area contributed by atoms with Gasteiger partial charge >= 0.3 is 0 Å². The minimum absolute atomic E-state index is 0.0851. The molecule has 0 atom stereocenters. The second-order valence-electron chi connectivity index (χ2n) is 8.25. The number of fused-ring (bicyclic) bond motifs is 1. The van der Waals surface area contributed by atoms with E-state index in [4.69, 9.17) is 5.73 Å². The number of hydrogen-bond donors (Lipinski definition) is 3. The molecule has 0 aliphatic rings. The Morgan fingerprint density at radius 2 is 1.81 bits per heavy atom. The zero-order valence-electron chi connectivity index (χ0n) is 19.5. The van der Waals surface area contributed by atoms with Crippen LogP contribution in [0.1, 0.15) is 27.3 Å². The van der Waals surface area contributed by atoms with Crippen LogP contribution in [0.5, 0.6) is 0 Å². The quantitative estimate of drug-likeness (QED) is 0.237. The maximum Gasteiger partial charge on any atom is 0.252 e.